The van der Waals surface area contributed by atoms with Crippen LogP contribution in [0.1, 0.15) is 23.3 Å². The molecule has 1 heterocycles. The van der Waals surface area contributed by atoms with E-state index >= 15 is 0 Å². The number of carbonyl (C=O) groups is 2. The van der Waals surface area contributed by atoms with Crippen molar-refractivity contribution in [1.82, 2.24) is 10.0 Å². The normalized spacial score (nSPS) is 11.1. The minimum Gasteiger partial charge on any atom is -0.467 e. The van der Waals surface area contributed by atoms with Crippen LogP contribution in [-0.2, 0) is 21.4 Å². The Hall–Kier alpha value is -3.63. The van der Waals surface area contributed by atoms with E-state index in [-0.39, 0.29) is 36.3 Å². The lowest BCUT2D eigenvalue weighted by molar-refractivity contribution is -0.116. The molecule has 174 valence electrons. The highest BCUT2D eigenvalue weighted by Gasteiger charge is 2.15. The summed E-state index contributed by atoms with van der Waals surface area (Å²) in [6.07, 6.45) is 1.50. The van der Waals surface area contributed by atoms with Crippen LogP contribution in [0.15, 0.2) is 70.2 Å². The third kappa shape index (κ3) is 7.19. The van der Waals surface area contributed by atoms with Gasteiger partial charge in [-0.3, -0.25) is 4.79 Å². The molecule has 0 bridgehead atoms. The van der Waals surface area contributed by atoms with Crippen molar-refractivity contribution in [2.45, 2.75) is 31.7 Å². The van der Waals surface area contributed by atoms with Crippen LogP contribution in [0.3, 0.4) is 0 Å². The van der Waals surface area contributed by atoms with Crippen molar-refractivity contribution in [1.29, 1.82) is 0 Å². The maximum Gasteiger partial charge on any atom is 0.319 e. The zero-order valence-electron chi connectivity index (χ0n) is 18.3. The summed E-state index contributed by atoms with van der Waals surface area (Å²) < 4.78 is 32.4. The summed E-state index contributed by atoms with van der Waals surface area (Å²) in [4.78, 5) is 24.2. The Kier molecular flexibility index (Phi) is 7.86. The van der Waals surface area contributed by atoms with Crippen molar-refractivity contribution in [3.8, 4) is 0 Å². The number of furan rings is 1. The van der Waals surface area contributed by atoms with Gasteiger partial charge in [-0.05, 0) is 73.5 Å². The van der Waals surface area contributed by atoms with Crippen LogP contribution in [0.5, 0.6) is 0 Å². The fourth-order valence-electron chi connectivity index (χ4n) is 2.88. The number of rotatable bonds is 9. The topological polar surface area (TPSA) is 130 Å². The number of anilines is 2. The monoisotopic (exact) mass is 470 g/mol. The van der Waals surface area contributed by atoms with Gasteiger partial charge in [0, 0.05) is 24.3 Å². The van der Waals surface area contributed by atoms with E-state index in [1.807, 2.05) is 13.8 Å². The van der Waals surface area contributed by atoms with Gasteiger partial charge in [-0.15, -0.1) is 0 Å². The highest BCUT2D eigenvalue weighted by molar-refractivity contribution is 7.89. The molecule has 2 aromatic carbocycles. The molecule has 0 radical (unpaired) electrons. The second kappa shape index (κ2) is 10.8. The van der Waals surface area contributed by atoms with Gasteiger partial charge in [0.25, 0.3) is 0 Å². The van der Waals surface area contributed by atoms with E-state index in [2.05, 4.69) is 20.7 Å². The zero-order valence-corrected chi connectivity index (χ0v) is 19.2. The first-order valence-electron chi connectivity index (χ1n) is 10.3. The first-order valence-corrected chi connectivity index (χ1v) is 11.8. The van der Waals surface area contributed by atoms with E-state index in [4.69, 9.17) is 4.42 Å². The molecule has 3 amide bonds. The van der Waals surface area contributed by atoms with E-state index in [0.29, 0.717) is 17.1 Å². The standard InChI is InChI=1S/C23H26N4O5S/c1-16-5-10-21(14-17(16)2)33(30,31)25-12-11-22(28)26-18-6-8-19(9-7-18)27-23(29)24-15-20-4-3-13-32-20/h3-10,13-14,25H,11-12,15H2,1-2H3,(H,26,28)(H2,24,27,29). The first kappa shape index (κ1) is 24.0. The number of benzene rings is 2. The molecule has 3 rings (SSSR count). The van der Waals surface area contributed by atoms with E-state index in [1.54, 1.807) is 48.5 Å². The predicted octanol–water partition coefficient (Wildman–Crippen LogP) is 3.53. The summed E-state index contributed by atoms with van der Waals surface area (Å²) in [5.41, 5.74) is 2.96. The number of aryl methyl sites for hydroxylation is 2. The molecule has 0 aliphatic carbocycles. The van der Waals surface area contributed by atoms with E-state index < -0.39 is 10.0 Å². The van der Waals surface area contributed by atoms with Gasteiger partial charge in [0.05, 0.1) is 17.7 Å². The van der Waals surface area contributed by atoms with Gasteiger partial charge in [0.2, 0.25) is 15.9 Å². The lowest BCUT2D eigenvalue weighted by Crippen LogP contribution is -2.28. The van der Waals surface area contributed by atoms with Crippen molar-refractivity contribution in [2.24, 2.45) is 0 Å². The average molecular weight is 471 g/mol. The second-order valence-corrected chi connectivity index (χ2v) is 9.17. The summed E-state index contributed by atoms with van der Waals surface area (Å²) in [7, 11) is -3.69. The van der Waals surface area contributed by atoms with Gasteiger partial charge in [-0.25, -0.2) is 17.9 Å². The van der Waals surface area contributed by atoms with Crippen LogP contribution in [-0.4, -0.2) is 26.9 Å². The summed E-state index contributed by atoms with van der Waals surface area (Å²) in [6.45, 7) is 3.98. The largest absolute Gasteiger partial charge is 0.467 e. The van der Waals surface area contributed by atoms with Crippen molar-refractivity contribution in [3.63, 3.8) is 0 Å². The number of sulfonamides is 1. The molecule has 0 unspecified atom stereocenters. The molecule has 10 heteroatoms. The molecule has 9 nitrogen and oxygen atoms in total. The fourth-order valence-corrected chi connectivity index (χ4v) is 4.00. The molecular formula is C23H26N4O5S. The lowest BCUT2D eigenvalue weighted by Gasteiger charge is -2.10. The van der Waals surface area contributed by atoms with Crippen LogP contribution >= 0.6 is 0 Å². The Morgan fingerprint density at radius 2 is 1.61 bits per heavy atom. The molecule has 0 spiro atoms. The minimum atomic E-state index is -3.69. The van der Waals surface area contributed by atoms with Gasteiger partial charge in [0.1, 0.15) is 5.76 Å². The third-order valence-corrected chi connectivity index (χ3v) is 6.32. The number of amides is 3. The van der Waals surface area contributed by atoms with Crippen LogP contribution in [0.2, 0.25) is 0 Å². The highest BCUT2D eigenvalue weighted by Crippen LogP contribution is 2.15. The number of carbonyl (C=O) groups excluding carboxylic acids is 2. The Morgan fingerprint density at radius 1 is 0.909 bits per heavy atom. The van der Waals surface area contributed by atoms with E-state index in [9.17, 15) is 18.0 Å². The van der Waals surface area contributed by atoms with Crippen LogP contribution in [0, 0.1) is 13.8 Å². The first-order chi connectivity index (χ1) is 15.7. The van der Waals surface area contributed by atoms with Crippen molar-refractivity contribution in [2.75, 3.05) is 17.2 Å². The van der Waals surface area contributed by atoms with Crippen molar-refractivity contribution in [3.05, 3.63) is 77.7 Å². The molecular weight excluding hydrogens is 444 g/mol. The Labute approximate surface area is 192 Å². The summed E-state index contributed by atoms with van der Waals surface area (Å²) in [6, 6.07) is 14.6. The van der Waals surface area contributed by atoms with Gasteiger partial charge >= 0.3 is 6.03 Å². The molecule has 0 saturated carbocycles. The van der Waals surface area contributed by atoms with Gasteiger partial charge in [-0.1, -0.05) is 6.07 Å². The van der Waals surface area contributed by atoms with Crippen LogP contribution < -0.4 is 20.7 Å². The Morgan fingerprint density at radius 3 is 2.24 bits per heavy atom. The lowest BCUT2D eigenvalue weighted by atomic mass is 10.1. The smallest absolute Gasteiger partial charge is 0.319 e. The fraction of sp³-hybridized carbons (Fsp3) is 0.217. The molecule has 1 aromatic heterocycles. The molecule has 0 aliphatic heterocycles. The van der Waals surface area contributed by atoms with Crippen LogP contribution in [0.4, 0.5) is 16.2 Å². The highest BCUT2D eigenvalue weighted by atomic mass is 32.2. The summed E-state index contributed by atoms with van der Waals surface area (Å²) in [5, 5.41) is 8.04. The Bertz CT molecular complexity index is 1210. The molecule has 0 fully saturated rings. The van der Waals surface area contributed by atoms with Gasteiger partial charge < -0.3 is 20.4 Å². The summed E-state index contributed by atoms with van der Waals surface area (Å²) >= 11 is 0. The maximum atomic E-state index is 12.4. The zero-order chi connectivity index (χ0) is 23.8. The van der Waals surface area contributed by atoms with Crippen molar-refractivity contribution < 1.29 is 22.4 Å². The molecule has 0 atom stereocenters. The van der Waals surface area contributed by atoms with E-state index in [1.165, 1.54) is 12.3 Å². The molecule has 0 aliphatic rings. The molecule has 4 N–H and O–H groups in total. The Balaban J connectivity index is 1.42. The second-order valence-electron chi connectivity index (χ2n) is 7.41. The molecule has 33 heavy (non-hydrogen) atoms. The van der Waals surface area contributed by atoms with E-state index in [0.717, 1.165) is 11.1 Å². The van der Waals surface area contributed by atoms with Crippen molar-refractivity contribution >= 4 is 33.3 Å². The maximum absolute atomic E-state index is 12.4. The predicted molar refractivity (Wildman–Crippen MR) is 125 cm³/mol. The third-order valence-electron chi connectivity index (χ3n) is 4.86. The number of hydrogen-bond acceptors (Lipinski definition) is 5. The average Bonchev–Trinajstić information content (AvgIpc) is 3.29. The quantitative estimate of drug-likeness (QED) is 0.380. The number of nitrogens with one attached hydrogen (secondary N) is 4. The minimum absolute atomic E-state index is 0.0285. The molecule has 0 saturated heterocycles. The van der Waals surface area contributed by atoms with Gasteiger partial charge in [-0.2, -0.15) is 0 Å². The van der Waals surface area contributed by atoms with Gasteiger partial charge in [0.15, 0.2) is 0 Å². The summed E-state index contributed by atoms with van der Waals surface area (Å²) in [5.74, 6) is 0.300. The number of hydrogen-bond donors (Lipinski definition) is 4. The SMILES string of the molecule is Cc1ccc(S(=O)(=O)NCCC(=O)Nc2ccc(NC(=O)NCc3ccco3)cc2)cc1C. The molecule has 3 aromatic rings. The van der Waals surface area contributed by atoms with Crippen LogP contribution in [0.25, 0.3) is 0 Å². The number of urea groups is 1.